The maximum absolute atomic E-state index is 11.5. The molecule has 0 bridgehead atoms. The molecule has 0 unspecified atom stereocenters. The molecule has 10 nitrogen and oxygen atoms in total. The SMILES string of the molecule is CC(=O)N(CCOCCOCCC=C(C)C(N)=O)ONC(=O)OC(C)(C)C. The molecular formula is C17H31N3O7. The zero-order valence-electron chi connectivity index (χ0n) is 16.7. The largest absolute Gasteiger partial charge is 0.442 e. The summed E-state index contributed by atoms with van der Waals surface area (Å²) in [5, 5.41) is 0.947. The lowest BCUT2D eigenvalue weighted by atomic mass is 10.2. The molecule has 0 heterocycles. The van der Waals surface area contributed by atoms with Gasteiger partial charge in [0.1, 0.15) is 5.60 Å². The fourth-order valence-electron chi connectivity index (χ4n) is 1.59. The fourth-order valence-corrected chi connectivity index (χ4v) is 1.59. The van der Waals surface area contributed by atoms with E-state index in [1.165, 1.54) is 6.92 Å². The highest BCUT2D eigenvalue weighted by atomic mass is 16.8. The lowest BCUT2D eigenvalue weighted by Gasteiger charge is -2.22. The van der Waals surface area contributed by atoms with Crippen molar-refractivity contribution in [2.24, 2.45) is 5.73 Å². The van der Waals surface area contributed by atoms with Gasteiger partial charge in [-0.05, 0) is 34.1 Å². The maximum Gasteiger partial charge on any atom is 0.433 e. The third kappa shape index (κ3) is 14.7. The number of nitrogens with zero attached hydrogens (tertiary/aromatic N) is 1. The zero-order valence-corrected chi connectivity index (χ0v) is 16.7. The van der Waals surface area contributed by atoms with E-state index in [0.717, 1.165) is 5.06 Å². The number of carbonyl (C=O) groups is 3. The molecule has 0 aromatic heterocycles. The lowest BCUT2D eigenvalue weighted by Crippen LogP contribution is -2.41. The second-order valence-corrected chi connectivity index (χ2v) is 6.58. The molecule has 3 N–H and O–H groups in total. The number of hydrogen-bond acceptors (Lipinski definition) is 7. The molecule has 156 valence electrons. The van der Waals surface area contributed by atoms with Crippen molar-refractivity contribution >= 4 is 17.9 Å². The molecule has 10 heteroatoms. The van der Waals surface area contributed by atoms with Gasteiger partial charge in [0, 0.05) is 12.5 Å². The number of carbonyl (C=O) groups excluding carboxylic acids is 3. The van der Waals surface area contributed by atoms with Crippen LogP contribution in [0.4, 0.5) is 4.79 Å². The summed E-state index contributed by atoms with van der Waals surface area (Å²) in [4.78, 5) is 38.7. The van der Waals surface area contributed by atoms with Gasteiger partial charge >= 0.3 is 6.09 Å². The standard InChI is InChI=1S/C17H31N3O7/c1-13(15(18)22)7-6-9-24-11-12-25-10-8-20(14(2)21)27-19-16(23)26-17(3,4)5/h7H,6,8-12H2,1-5H3,(H2,18,22)(H,19,23). The molecule has 0 aromatic rings. The number of nitrogens with one attached hydrogen (secondary N) is 1. The Morgan fingerprint density at radius 1 is 1.04 bits per heavy atom. The summed E-state index contributed by atoms with van der Waals surface area (Å²) < 4.78 is 15.7. The highest BCUT2D eigenvalue weighted by Crippen LogP contribution is 2.06. The van der Waals surface area contributed by atoms with E-state index >= 15 is 0 Å². The van der Waals surface area contributed by atoms with E-state index in [2.05, 4.69) is 0 Å². The number of rotatable bonds is 12. The summed E-state index contributed by atoms with van der Waals surface area (Å²) in [6.07, 6.45) is 1.49. The van der Waals surface area contributed by atoms with Gasteiger partial charge < -0.3 is 19.9 Å². The molecule has 0 aliphatic rings. The summed E-state index contributed by atoms with van der Waals surface area (Å²) in [5.74, 6) is -0.848. The minimum Gasteiger partial charge on any atom is -0.442 e. The summed E-state index contributed by atoms with van der Waals surface area (Å²) in [6.45, 7) is 9.50. The molecule has 0 saturated heterocycles. The van der Waals surface area contributed by atoms with Gasteiger partial charge in [-0.3, -0.25) is 9.59 Å². The molecule has 0 atom stereocenters. The van der Waals surface area contributed by atoms with Crippen molar-refractivity contribution in [2.45, 2.75) is 46.6 Å². The van der Waals surface area contributed by atoms with E-state index in [1.54, 1.807) is 33.8 Å². The van der Waals surface area contributed by atoms with Gasteiger partial charge in [0.05, 0.1) is 33.0 Å². The first-order valence-corrected chi connectivity index (χ1v) is 8.59. The molecule has 0 aromatic carbocycles. The molecule has 0 saturated carbocycles. The second kappa shape index (κ2) is 13.1. The van der Waals surface area contributed by atoms with E-state index in [0.29, 0.717) is 31.8 Å². The number of hydroxylamine groups is 3. The lowest BCUT2D eigenvalue weighted by molar-refractivity contribution is -0.211. The van der Waals surface area contributed by atoms with Crippen LogP contribution in [0, 0.1) is 0 Å². The van der Waals surface area contributed by atoms with Crippen molar-refractivity contribution in [1.29, 1.82) is 0 Å². The summed E-state index contributed by atoms with van der Waals surface area (Å²) in [7, 11) is 0. The summed E-state index contributed by atoms with van der Waals surface area (Å²) in [6, 6.07) is 0. The monoisotopic (exact) mass is 389 g/mol. The number of hydrogen-bond donors (Lipinski definition) is 2. The first kappa shape index (κ1) is 24.8. The van der Waals surface area contributed by atoms with E-state index in [1.807, 2.05) is 5.48 Å². The Morgan fingerprint density at radius 2 is 1.63 bits per heavy atom. The normalized spacial score (nSPS) is 11.8. The Morgan fingerprint density at radius 3 is 2.15 bits per heavy atom. The molecule has 0 aliphatic carbocycles. The van der Waals surface area contributed by atoms with Gasteiger partial charge in [-0.25, -0.2) is 4.79 Å². The van der Waals surface area contributed by atoms with Crippen molar-refractivity contribution in [3.63, 3.8) is 0 Å². The van der Waals surface area contributed by atoms with Crippen molar-refractivity contribution in [1.82, 2.24) is 10.5 Å². The van der Waals surface area contributed by atoms with Crippen molar-refractivity contribution in [2.75, 3.05) is 33.0 Å². The zero-order chi connectivity index (χ0) is 20.9. The van der Waals surface area contributed by atoms with Crippen molar-refractivity contribution in [3.8, 4) is 0 Å². The molecular weight excluding hydrogens is 358 g/mol. The first-order chi connectivity index (χ1) is 12.5. The highest BCUT2D eigenvalue weighted by Gasteiger charge is 2.18. The van der Waals surface area contributed by atoms with Crippen LogP contribution in [0.3, 0.4) is 0 Å². The quantitative estimate of drug-likeness (QED) is 0.290. The third-order valence-electron chi connectivity index (χ3n) is 2.90. The van der Waals surface area contributed by atoms with Gasteiger partial charge in [0.15, 0.2) is 0 Å². The molecule has 0 aliphatic heterocycles. The Hall–Kier alpha value is -2.17. The van der Waals surface area contributed by atoms with Gasteiger partial charge in [-0.15, -0.1) is 4.94 Å². The van der Waals surface area contributed by atoms with E-state index in [-0.39, 0.29) is 13.2 Å². The predicted octanol–water partition coefficient (Wildman–Crippen LogP) is 1.06. The average molecular weight is 389 g/mol. The number of amides is 3. The highest BCUT2D eigenvalue weighted by molar-refractivity contribution is 5.91. The van der Waals surface area contributed by atoms with E-state index < -0.39 is 23.5 Å². The second-order valence-electron chi connectivity index (χ2n) is 6.58. The molecule has 0 spiro atoms. The van der Waals surface area contributed by atoms with Crippen LogP contribution in [0.2, 0.25) is 0 Å². The third-order valence-corrected chi connectivity index (χ3v) is 2.90. The molecule has 27 heavy (non-hydrogen) atoms. The van der Waals surface area contributed by atoms with Crippen molar-refractivity contribution < 1.29 is 33.5 Å². The Bertz CT molecular complexity index is 515. The molecule has 0 radical (unpaired) electrons. The number of primary amides is 1. The smallest absolute Gasteiger partial charge is 0.433 e. The van der Waals surface area contributed by atoms with Gasteiger partial charge in [0.25, 0.3) is 0 Å². The molecule has 0 rings (SSSR count). The van der Waals surface area contributed by atoms with Crippen LogP contribution >= 0.6 is 0 Å². The minimum atomic E-state index is -0.802. The average Bonchev–Trinajstić information content (AvgIpc) is 2.53. The van der Waals surface area contributed by atoms with Crippen LogP contribution in [0.1, 0.15) is 41.0 Å². The van der Waals surface area contributed by atoms with Crippen LogP contribution in [0.25, 0.3) is 0 Å². The van der Waals surface area contributed by atoms with Crippen LogP contribution in [0.15, 0.2) is 11.6 Å². The molecule has 3 amide bonds. The van der Waals surface area contributed by atoms with E-state index in [9.17, 15) is 14.4 Å². The van der Waals surface area contributed by atoms with Gasteiger partial charge in [-0.1, -0.05) is 6.08 Å². The predicted molar refractivity (Wildman–Crippen MR) is 97.0 cm³/mol. The van der Waals surface area contributed by atoms with Crippen LogP contribution in [-0.2, 0) is 28.7 Å². The maximum atomic E-state index is 11.5. The number of nitrogens with two attached hydrogens (primary N) is 1. The summed E-state index contributed by atoms with van der Waals surface area (Å²) >= 11 is 0. The fraction of sp³-hybridized carbons (Fsp3) is 0.706. The van der Waals surface area contributed by atoms with E-state index in [4.69, 9.17) is 24.9 Å². The first-order valence-electron chi connectivity index (χ1n) is 8.59. The van der Waals surface area contributed by atoms with Crippen molar-refractivity contribution in [3.05, 3.63) is 11.6 Å². The number of ether oxygens (including phenoxy) is 3. The topological polar surface area (TPSA) is 129 Å². The molecule has 0 fully saturated rings. The minimum absolute atomic E-state index is 0.117. The van der Waals surface area contributed by atoms with Crippen LogP contribution < -0.4 is 11.2 Å². The van der Waals surface area contributed by atoms with Gasteiger partial charge in [-0.2, -0.15) is 10.5 Å². The Kier molecular flexibility index (Phi) is 12.0. The Balaban J connectivity index is 3.85. The Labute approximate surface area is 159 Å². The van der Waals surface area contributed by atoms with Gasteiger partial charge in [0.2, 0.25) is 11.8 Å². The van der Waals surface area contributed by atoms with Crippen LogP contribution in [-0.4, -0.2) is 61.5 Å². The van der Waals surface area contributed by atoms with Crippen LogP contribution in [0.5, 0.6) is 0 Å². The summed E-state index contributed by atoms with van der Waals surface area (Å²) in [5.41, 5.74) is 6.97.